The van der Waals surface area contributed by atoms with E-state index in [1.165, 1.54) is 37.1 Å². The maximum Gasteiger partial charge on any atom is 0.191 e. The Morgan fingerprint density at radius 2 is 1.85 bits per heavy atom. The van der Waals surface area contributed by atoms with Gasteiger partial charge in [-0.3, -0.25) is 9.89 Å². The minimum atomic E-state index is -2.88. The lowest BCUT2D eigenvalue weighted by Crippen LogP contribution is -2.43. The van der Waals surface area contributed by atoms with Gasteiger partial charge in [0.05, 0.1) is 11.5 Å². The molecule has 0 amide bonds. The zero-order valence-electron chi connectivity index (χ0n) is 15.3. The Balaban J connectivity index is 0.00000243. The van der Waals surface area contributed by atoms with Crippen LogP contribution in [0.3, 0.4) is 0 Å². The van der Waals surface area contributed by atoms with Crippen LogP contribution in [-0.4, -0.2) is 57.0 Å². The molecule has 1 unspecified atom stereocenters. The van der Waals surface area contributed by atoms with E-state index in [2.05, 4.69) is 44.8 Å². The smallest absolute Gasteiger partial charge is 0.191 e. The molecule has 1 atom stereocenters. The molecular weight excluding hydrogens is 463 g/mol. The van der Waals surface area contributed by atoms with E-state index in [0.717, 1.165) is 6.54 Å². The van der Waals surface area contributed by atoms with Crippen molar-refractivity contribution in [2.45, 2.75) is 38.4 Å². The summed E-state index contributed by atoms with van der Waals surface area (Å²) in [7, 11) is -1.17. The number of rotatable bonds is 5. The second-order valence-corrected chi connectivity index (χ2v) is 9.20. The van der Waals surface area contributed by atoms with Crippen molar-refractivity contribution in [3.63, 3.8) is 0 Å². The van der Waals surface area contributed by atoms with Crippen LogP contribution in [0, 0.1) is 0 Å². The van der Waals surface area contributed by atoms with Crippen LogP contribution in [0.25, 0.3) is 0 Å². The highest BCUT2D eigenvalue weighted by molar-refractivity contribution is 14.0. The van der Waals surface area contributed by atoms with Crippen LogP contribution in [0.5, 0.6) is 0 Å². The first-order valence-corrected chi connectivity index (χ1v) is 10.8. The monoisotopic (exact) mass is 492 g/mol. The summed E-state index contributed by atoms with van der Waals surface area (Å²) >= 11 is 0. The Kier molecular flexibility index (Phi) is 8.15. The molecule has 2 N–H and O–H groups in total. The molecule has 6 nitrogen and oxygen atoms in total. The fourth-order valence-electron chi connectivity index (χ4n) is 3.44. The normalized spacial score (nSPS) is 22.8. The van der Waals surface area contributed by atoms with Gasteiger partial charge in [0.1, 0.15) is 0 Å². The SMILES string of the molecule is CN=C(NCc1ccc(CN2CCCC2)cc1)NC1CCS(=O)(=O)C1.I. The minimum absolute atomic E-state index is 0. The minimum Gasteiger partial charge on any atom is -0.353 e. The molecule has 1 aromatic carbocycles. The molecule has 1 aromatic rings. The summed E-state index contributed by atoms with van der Waals surface area (Å²) in [5.74, 6) is 1.11. The van der Waals surface area contributed by atoms with E-state index in [9.17, 15) is 8.42 Å². The Labute approximate surface area is 173 Å². The number of guanidine groups is 1. The molecule has 2 saturated heterocycles. The summed E-state index contributed by atoms with van der Waals surface area (Å²) in [6, 6.07) is 8.63. The lowest BCUT2D eigenvalue weighted by Gasteiger charge is -2.17. The molecule has 0 radical (unpaired) electrons. The second kappa shape index (κ2) is 9.89. The predicted octanol–water partition coefficient (Wildman–Crippen LogP) is 1.75. The zero-order chi connectivity index (χ0) is 17.7. The molecule has 0 saturated carbocycles. The Bertz CT molecular complexity index is 700. The van der Waals surface area contributed by atoms with Gasteiger partial charge in [-0.05, 0) is 43.5 Å². The summed E-state index contributed by atoms with van der Waals surface area (Å²) in [5, 5.41) is 6.47. The predicted molar refractivity (Wildman–Crippen MR) is 117 cm³/mol. The van der Waals surface area contributed by atoms with E-state index in [0.29, 0.717) is 18.9 Å². The topological polar surface area (TPSA) is 73.8 Å². The average Bonchev–Trinajstić information content (AvgIpc) is 3.22. The number of nitrogens with one attached hydrogen (secondary N) is 2. The summed E-state index contributed by atoms with van der Waals surface area (Å²) in [6.07, 6.45) is 3.28. The maximum absolute atomic E-state index is 11.5. The number of halogens is 1. The Hall–Kier alpha value is -0.870. The fraction of sp³-hybridized carbons (Fsp3) is 0.611. The first-order valence-electron chi connectivity index (χ1n) is 9.02. The van der Waals surface area contributed by atoms with Gasteiger partial charge in [0.15, 0.2) is 15.8 Å². The molecule has 3 rings (SSSR count). The van der Waals surface area contributed by atoms with Crippen LogP contribution in [-0.2, 0) is 22.9 Å². The molecule has 8 heteroatoms. The van der Waals surface area contributed by atoms with E-state index in [4.69, 9.17) is 0 Å². The third-order valence-electron chi connectivity index (χ3n) is 4.88. The van der Waals surface area contributed by atoms with E-state index < -0.39 is 9.84 Å². The van der Waals surface area contributed by atoms with Gasteiger partial charge in [0, 0.05) is 26.2 Å². The number of likely N-dealkylation sites (tertiary alicyclic amines) is 1. The number of aliphatic imine (C=N–C) groups is 1. The highest BCUT2D eigenvalue weighted by atomic mass is 127. The second-order valence-electron chi connectivity index (χ2n) is 6.97. The van der Waals surface area contributed by atoms with Gasteiger partial charge in [-0.2, -0.15) is 0 Å². The molecule has 146 valence electrons. The van der Waals surface area contributed by atoms with E-state index in [1.54, 1.807) is 7.05 Å². The fourth-order valence-corrected chi connectivity index (χ4v) is 5.12. The molecule has 2 aliphatic heterocycles. The summed E-state index contributed by atoms with van der Waals surface area (Å²) in [4.78, 5) is 6.69. The molecule has 26 heavy (non-hydrogen) atoms. The molecule has 0 bridgehead atoms. The van der Waals surface area contributed by atoms with Gasteiger partial charge in [-0.15, -0.1) is 24.0 Å². The summed E-state index contributed by atoms with van der Waals surface area (Å²) < 4.78 is 23.1. The molecule has 2 fully saturated rings. The number of sulfone groups is 1. The van der Waals surface area contributed by atoms with Crippen molar-refractivity contribution in [3.05, 3.63) is 35.4 Å². The van der Waals surface area contributed by atoms with E-state index >= 15 is 0 Å². The van der Waals surface area contributed by atoms with Crippen molar-refractivity contribution in [1.82, 2.24) is 15.5 Å². The first-order chi connectivity index (χ1) is 12.0. The largest absolute Gasteiger partial charge is 0.353 e. The molecule has 0 aromatic heterocycles. The average molecular weight is 492 g/mol. The zero-order valence-corrected chi connectivity index (χ0v) is 18.4. The van der Waals surface area contributed by atoms with E-state index in [1.807, 2.05) is 0 Å². The quantitative estimate of drug-likeness (QED) is 0.373. The highest BCUT2D eigenvalue weighted by Crippen LogP contribution is 2.13. The van der Waals surface area contributed by atoms with Gasteiger partial charge in [0.2, 0.25) is 0 Å². The van der Waals surface area contributed by atoms with Crippen molar-refractivity contribution in [3.8, 4) is 0 Å². The van der Waals surface area contributed by atoms with Gasteiger partial charge in [-0.25, -0.2) is 8.42 Å². The Morgan fingerprint density at radius 3 is 2.42 bits per heavy atom. The number of hydrogen-bond acceptors (Lipinski definition) is 4. The number of hydrogen-bond donors (Lipinski definition) is 2. The van der Waals surface area contributed by atoms with Gasteiger partial charge >= 0.3 is 0 Å². The van der Waals surface area contributed by atoms with E-state index in [-0.39, 0.29) is 41.5 Å². The molecule has 0 spiro atoms. The van der Waals surface area contributed by atoms with Crippen LogP contribution in [0.1, 0.15) is 30.4 Å². The molecular formula is C18H29IN4O2S. The van der Waals surface area contributed by atoms with Crippen molar-refractivity contribution < 1.29 is 8.42 Å². The highest BCUT2D eigenvalue weighted by Gasteiger charge is 2.28. The first kappa shape index (κ1) is 21.4. The molecule has 2 heterocycles. The van der Waals surface area contributed by atoms with Gasteiger partial charge in [-0.1, -0.05) is 24.3 Å². The van der Waals surface area contributed by atoms with Crippen molar-refractivity contribution in [1.29, 1.82) is 0 Å². The van der Waals surface area contributed by atoms with Crippen LogP contribution in [0.2, 0.25) is 0 Å². The summed E-state index contributed by atoms with van der Waals surface area (Å²) in [5.41, 5.74) is 2.54. The number of benzene rings is 1. The van der Waals surface area contributed by atoms with Gasteiger partial charge < -0.3 is 10.6 Å². The lowest BCUT2D eigenvalue weighted by molar-refractivity contribution is 0.331. The van der Waals surface area contributed by atoms with Crippen molar-refractivity contribution >= 4 is 39.8 Å². The standard InChI is InChI=1S/C18H28N4O2S.HI/c1-19-18(21-17-8-11-25(23,24)14-17)20-12-15-4-6-16(7-5-15)13-22-9-2-3-10-22;/h4-7,17H,2-3,8-14H2,1H3,(H2,19,20,21);1H. The third-order valence-corrected chi connectivity index (χ3v) is 6.65. The lowest BCUT2D eigenvalue weighted by atomic mass is 10.1. The van der Waals surface area contributed by atoms with Crippen LogP contribution in [0.4, 0.5) is 0 Å². The summed E-state index contributed by atoms with van der Waals surface area (Å²) in [6.45, 7) is 4.13. The van der Waals surface area contributed by atoms with Crippen molar-refractivity contribution in [2.75, 3.05) is 31.6 Å². The third kappa shape index (κ3) is 6.38. The Morgan fingerprint density at radius 1 is 1.19 bits per heavy atom. The van der Waals surface area contributed by atoms with Gasteiger partial charge in [0.25, 0.3) is 0 Å². The van der Waals surface area contributed by atoms with Crippen molar-refractivity contribution in [2.24, 2.45) is 4.99 Å². The van der Waals surface area contributed by atoms with Crippen LogP contribution in [0.15, 0.2) is 29.3 Å². The van der Waals surface area contributed by atoms with Crippen LogP contribution >= 0.6 is 24.0 Å². The maximum atomic E-state index is 11.5. The van der Waals surface area contributed by atoms with Crippen LogP contribution < -0.4 is 10.6 Å². The number of nitrogens with zero attached hydrogens (tertiary/aromatic N) is 2. The molecule has 2 aliphatic rings. The molecule has 0 aliphatic carbocycles.